The number of aryl methyl sites for hydroxylation is 1. The second-order valence-corrected chi connectivity index (χ2v) is 10.5. The highest BCUT2D eigenvalue weighted by atomic mass is 19.1. The molecule has 0 aliphatic carbocycles. The smallest absolute Gasteiger partial charge is 0.410 e. The normalized spacial score (nSPS) is 14.8. The number of amides is 1. The van der Waals surface area contributed by atoms with E-state index in [0.717, 1.165) is 34.9 Å². The third-order valence-corrected chi connectivity index (χ3v) is 6.69. The van der Waals surface area contributed by atoms with Gasteiger partial charge >= 0.3 is 6.09 Å². The first-order valence-corrected chi connectivity index (χ1v) is 12.4. The Balaban J connectivity index is 1.35. The number of pyridine rings is 2. The summed E-state index contributed by atoms with van der Waals surface area (Å²) in [4.78, 5) is 23.0. The van der Waals surface area contributed by atoms with Gasteiger partial charge in [0.2, 0.25) is 0 Å². The average molecular weight is 503 g/mol. The lowest BCUT2D eigenvalue weighted by molar-refractivity contribution is 0.0185. The zero-order chi connectivity index (χ0) is 26.3. The maximum Gasteiger partial charge on any atom is 0.410 e. The molecule has 5 rings (SSSR count). The number of nitrogens with zero attached hydrogens (tertiary/aromatic N) is 5. The summed E-state index contributed by atoms with van der Waals surface area (Å²) in [6.45, 7) is 8.80. The zero-order valence-electron chi connectivity index (χ0n) is 21.5. The molecule has 0 unspecified atom stereocenters. The van der Waals surface area contributed by atoms with E-state index in [-0.39, 0.29) is 18.0 Å². The minimum absolute atomic E-state index is 0.189. The number of hydrogen-bond donors (Lipinski definition) is 1. The predicted octanol–water partition coefficient (Wildman–Crippen LogP) is 5.76. The van der Waals surface area contributed by atoms with E-state index >= 15 is 0 Å². The number of piperidine rings is 1. The van der Waals surface area contributed by atoms with Crippen LogP contribution in [0.2, 0.25) is 0 Å². The van der Waals surface area contributed by atoms with Gasteiger partial charge in [-0.25, -0.2) is 14.2 Å². The third-order valence-electron chi connectivity index (χ3n) is 6.69. The van der Waals surface area contributed by atoms with E-state index in [4.69, 9.17) is 10.5 Å². The van der Waals surface area contributed by atoms with E-state index in [1.807, 2.05) is 56.9 Å². The number of ether oxygens (including phenoxy) is 1. The highest BCUT2D eigenvalue weighted by Gasteiger charge is 2.28. The van der Waals surface area contributed by atoms with Crippen LogP contribution in [0.15, 0.2) is 49.1 Å². The number of rotatable bonds is 3. The van der Waals surface area contributed by atoms with Crippen molar-refractivity contribution in [1.82, 2.24) is 24.6 Å². The molecule has 1 saturated heterocycles. The number of hydrogen-bond acceptors (Lipinski definition) is 6. The topological polar surface area (TPSA) is 99.2 Å². The van der Waals surface area contributed by atoms with Crippen molar-refractivity contribution >= 4 is 22.7 Å². The van der Waals surface area contributed by atoms with Crippen molar-refractivity contribution in [2.45, 2.75) is 52.2 Å². The Hall–Kier alpha value is -4.01. The minimum atomic E-state index is -0.506. The van der Waals surface area contributed by atoms with Gasteiger partial charge in [0.15, 0.2) is 0 Å². The van der Waals surface area contributed by atoms with Gasteiger partial charge in [0, 0.05) is 53.8 Å². The summed E-state index contributed by atoms with van der Waals surface area (Å²) < 4.78 is 21.7. The first-order chi connectivity index (χ1) is 17.6. The van der Waals surface area contributed by atoms with Crippen molar-refractivity contribution in [3.8, 4) is 22.4 Å². The highest BCUT2D eigenvalue weighted by Crippen LogP contribution is 2.32. The van der Waals surface area contributed by atoms with Crippen LogP contribution in [0.1, 0.15) is 45.2 Å². The SMILES string of the molecule is Cc1ccc(F)c2cnc(-c3cc(-c4cnn(C5CCN(C(=O)OC(C)(C)C)CC5)c4)cnc3N)cc12. The number of aromatic nitrogens is 4. The van der Waals surface area contributed by atoms with Gasteiger partial charge in [0.1, 0.15) is 17.2 Å². The number of likely N-dealkylation sites (tertiary alicyclic amines) is 1. The van der Waals surface area contributed by atoms with Gasteiger partial charge in [-0.05, 0) is 69.7 Å². The molecule has 0 atom stereocenters. The largest absolute Gasteiger partial charge is 0.444 e. The lowest BCUT2D eigenvalue weighted by atomic mass is 10.0. The highest BCUT2D eigenvalue weighted by molar-refractivity contribution is 5.90. The molecule has 0 spiro atoms. The van der Waals surface area contributed by atoms with Crippen LogP contribution in [0.4, 0.5) is 15.0 Å². The van der Waals surface area contributed by atoms with E-state index in [2.05, 4.69) is 15.1 Å². The molecule has 1 aromatic carbocycles. The van der Waals surface area contributed by atoms with Crippen LogP contribution >= 0.6 is 0 Å². The van der Waals surface area contributed by atoms with Crippen LogP contribution in [-0.4, -0.2) is 49.4 Å². The summed E-state index contributed by atoms with van der Waals surface area (Å²) in [5, 5.41) is 5.87. The van der Waals surface area contributed by atoms with Crippen LogP contribution in [0, 0.1) is 12.7 Å². The Morgan fingerprint density at radius 2 is 1.81 bits per heavy atom. The van der Waals surface area contributed by atoms with Crippen LogP contribution < -0.4 is 5.73 Å². The number of halogens is 1. The Bertz CT molecular complexity index is 1470. The van der Waals surface area contributed by atoms with Gasteiger partial charge < -0.3 is 15.4 Å². The fourth-order valence-electron chi connectivity index (χ4n) is 4.66. The molecule has 1 aliphatic rings. The fourth-order valence-corrected chi connectivity index (χ4v) is 4.66. The summed E-state index contributed by atoms with van der Waals surface area (Å²) in [5.41, 5.74) is 9.76. The number of carbonyl (C=O) groups excluding carboxylic acids is 1. The Labute approximate surface area is 215 Å². The van der Waals surface area contributed by atoms with Crippen LogP contribution in [0.5, 0.6) is 0 Å². The molecule has 9 heteroatoms. The number of fused-ring (bicyclic) bond motifs is 1. The lowest BCUT2D eigenvalue weighted by Crippen LogP contribution is -2.42. The Morgan fingerprint density at radius 3 is 2.54 bits per heavy atom. The quantitative estimate of drug-likeness (QED) is 0.382. The molecule has 37 heavy (non-hydrogen) atoms. The van der Waals surface area contributed by atoms with Crippen molar-refractivity contribution in [2.75, 3.05) is 18.8 Å². The van der Waals surface area contributed by atoms with Crippen molar-refractivity contribution in [2.24, 2.45) is 0 Å². The summed E-state index contributed by atoms with van der Waals surface area (Å²) in [6, 6.07) is 7.19. The van der Waals surface area contributed by atoms with Crippen LogP contribution in [0.25, 0.3) is 33.2 Å². The first-order valence-electron chi connectivity index (χ1n) is 12.4. The van der Waals surface area contributed by atoms with E-state index in [0.29, 0.717) is 35.6 Å². The first kappa shape index (κ1) is 24.7. The molecule has 1 fully saturated rings. The van der Waals surface area contributed by atoms with Gasteiger partial charge in [0.05, 0.1) is 17.9 Å². The molecule has 1 amide bonds. The Morgan fingerprint density at radius 1 is 1.05 bits per heavy atom. The lowest BCUT2D eigenvalue weighted by Gasteiger charge is -2.33. The second kappa shape index (κ2) is 9.46. The van der Waals surface area contributed by atoms with Crippen molar-refractivity contribution in [1.29, 1.82) is 0 Å². The molecule has 4 aromatic rings. The molecule has 4 heterocycles. The molecule has 0 saturated carbocycles. The molecule has 0 radical (unpaired) electrons. The molecule has 1 aliphatic heterocycles. The predicted molar refractivity (Wildman–Crippen MR) is 141 cm³/mol. The molecular formula is C28H31FN6O2. The van der Waals surface area contributed by atoms with Gasteiger partial charge in [-0.2, -0.15) is 5.10 Å². The number of benzene rings is 1. The maximum atomic E-state index is 14.2. The monoisotopic (exact) mass is 502 g/mol. The minimum Gasteiger partial charge on any atom is -0.444 e. The molecule has 3 aromatic heterocycles. The van der Waals surface area contributed by atoms with Gasteiger partial charge in [-0.15, -0.1) is 0 Å². The maximum absolute atomic E-state index is 14.2. The molecule has 8 nitrogen and oxygen atoms in total. The molecule has 2 N–H and O–H groups in total. The average Bonchev–Trinajstić information content (AvgIpc) is 3.36. The third kappa shape index (κ3) is 5.12. The molecular weight excluding hydrogens is 471 g/mol. The van der Waals surface area contributed by atoms with Crippen molar-refractivity contribution < 1.29 is 13.9 Å². The summed E-state index contributed by atoms with van der Waals surface area (Å²) in [5.74, 6) is 0.0513. The van der Waals surface area contributed by atoms with Crippen LogP contribution in [-0.2, 0) is 4.74 Å². The van der Waals surface area contributed by atoms with E-state index in [9.17, 15) is 9.18 Å². The number of nitrogens with two attached hydrogens (primary N) is 1. The number of nitrogen functional groups attached to an aromatic ring is 1. The van der Waals surface area contributed by atoms with Crippen molar-refractivity contribution in [3.05, 3.63) is 60.4 Å². The zero-order valence-corrected chi connectivity index (χ0v) is 21.5. The Kier molecular flexibility index (Phi) is 6.31. The van der Waals surface area contributed by atoms with Crippen molar-refractivity contribution in [3.63, 3.8) is 0 Å². The van der Waals surface area contributed by atoms with E-state index in [1.54, 1.807) is 23.4 Å². The van der Waals surface area contributed by atoms with Crippen LogP contribution in [0.3, 0.4) is 0 Å². The summed E-state index contributed by atoms with van der Waals surface area (Å²) in [7, 11) is 0. The summed E-state index contributed by atoms with van der Waals surface area (Å²) >= 11 is 0. The van der Waals surface area contributed by atoms with E-state index < -0.39 is 5.60 Å². The molecule has 192 valence electrons. The van der Waals surface area contributed by atoms with E-state index in [1.165, 1.54) is 6.07 Å². The van der Waals surface area contributed by atoms with Gasteiger partial charge in [-0.3, -0.25) is 9.67 Å². The number of anilines is 1. The standard InChI is InChI=1S/C28H31FN6O2/c1-17-5-6-24(29)23-15-31-25(12-21(17)23)22-11-18(13-32-26(22)30)19-14-33-35(16-19)20-7-9-34(10-8-20)27(36)37-28(2,3)4/h5-6,11-16,20H,7-10H2,1-4H3,(H2,30,32). The summed E-state index contributed by atoms with van der Waals surface area (Å²) in [6.07, 6.45) is 8.39. The number of carbonyl (C=O) groups is 1. The van der Waals surface area contributed by atoms with Gasteiger partial charge in [-0.1, -0.05) is 6.07 Å². The fraction of sp³-hybridized carbons (Fsp3) is 0.357. The van der Waals surface area contributed by atoms with Gasteiger partial charge in [0.25, 0.3) is 0 Å². The molecule has 0 bridgehead atoms. The second-order valence-electron chi connectivity index (χ2n) is 10.5.